The molecule has 1 amide bonds. The van der Waals surface area contributed by atoms with Gasteiger partial charge in [0.1, 0.15) is 4.34 Å². The number of nitrogens with one attached hydrogen (secondary N) is 1. The average molecular weight is 394 g/mol. The minimum Gasteiger partial charge on any atom is -0.353 e. The van der Waals surface area contributed by atoms with Crippen LogP contribution in [0, 0.1) is 0 Å². The molecule has 0 aromatic carbocycles. The zero-order chi connectivity index (χ0) is 17.1. The Morgan fingerprint density at radius 3 is 2.57 bits per heavy atom. The smallest absolute Gasteiger partial charge is 0.244 e. The van der Waals surface area contributed by atoms with Crippen LogP contribution in [-0.4, -0.2) is 17.6 Å². The van der Waals surface area contributed by atoms with E-state index in [1.165, 1.54) is 43.2 Å². The molecule has 0 unspecified atom stereocenters. The minimum atomic E-state index is -0.224. The Bertz CT molecular complexity index is 544. The molecule has 0 aliphatic rings. The number of hydrogen-bond acceptors (Lipinski definition) is 4. The number of thiophene rings is 1. The summed E-state index contributed by atoms with van der Waals surface area (Å²) in [4.78, 5) is 23.5. The zero-order valence-corrected chi connectivity index (χ0v) is 16.2. The number of carbonyl (C=O) groups excluding carboxylic acids is 2. The first kappa shape index (κ1) is 20.6. The molecule has 0 saturated heterocycles. The van der Waals surface area contributed by atoms with Gasteiger partial charge in [0.15, 0.2) is 0 Å². The van der Waals surface area contributed by atoms with Crippen LogP contribution in [0.5, 0.6) is 0 Å². The first-order valence-electron chi connectivity index (χ1n) is 7.64. The Morgan fingerprint density at radius 1 is 1.22 bits per heavy atom. The Labute approximate surface area is 155 Å². The quantitative estimate of drug-likeness (QED) is 0.396. The molecular formula is C16H21Cl2NO2S2. The third-order valence-corrected chi connectivity index (χ3v) is 5.29. The Kier molecular flexibility index (Phi) is 10.7. The summed E-state index contributed by atoms with van der Waals surface area (Å²) in [5.41, 5.74) is 0.379. The molecule has 0 aliphatic heterocycles. The van der Waals surface area contributed by atoms with Gasteiger partial charge in [0.2, 0.25) is 11.0 Å². The van der Waals surface area contributed by atoms with Crippen molar-refractivity contribution in [1.29, 1.82) is 0 Å². The number of hydrogen-bond donors (Lipinski definition) is 1. The number of rotatable bonds is 10. The standard InChI is InChI=1S/C16H21Cl2NO2S2/c1-2-3-4-5-6-7-9-19-14(20)8-10-22-16(21)12-11-13(17)23-15(12)18/h8,10-11H,2-7,9H2,1H3,(H,19,20). The van der Waals surface area contributed by atoms with Crippen molar-refractivity contribution in [3.05, 3.63) is 31.8 Å². The van der Waals surface area contributed by atoms with Crippen LogP contribution >= 0.6 is 46.3 Å². The second kappa shape index (κ2) is 12.0. The van der Waals surface area contributed by atoms with Gasteiger partial charge in [0.05, 0.1) is 9.90 Å². The van der Waals surface area contributed by atoms with E-state index in [1.807, 2.05) is 0 Å². The van der Waals surface area contributed by atoms with Gasteiger partial charge in [-0.15, -0.1) is 11.3 Å². The lowest BCUT2D eigenvalue weighted by Gasteiger charge is -2.02. The van der Waals surface area contributed by atoms with Crippen LogP contribution in [0.4, 0.5) is 0 Å². The van der Waals surface area contributed by atoms with Crippen molar-refractivity contribution < 1.29 is 9.59 Å². The van der Waals surface area contributed by atoms with Crippen LogP contribution in [0.15, 0.2) is 17.6 Å². The van der Waals surface area contributed by atoms with Crippen molar-refractivity contribution in [2.75, 3.05) is 6.54 Å². The number of thioether (sulfide) groups is 1. The van der Waals surface area contributed by atoms with Crippen molar-refractivity contribution >= 4 is 57.3 Å². The van der Waals surface area contributed by atoms with Crippen LogP contribution in [-0.2, 0) is 4.79 Å². The van der Waals surface area contributed by atoms with Gasteiger partial charge in [-0.3, -0.25) is 9.59 Å². The van der Waals surface area contributed by atoms with Crippen molar-refractivity contribution in [1.82, 2.24) is 5.32 Å². The molecule has 0 saturated carbocycles. The molecule has 128 valence electrons. The molecule has 1 aromatic heterocycles. The molecule has 0 bridgehead atoms. The molecule has 0 spiro atoms. The van der Waals surface area contributed by atoms with E-state index >= 15 is 0 Å². The molecule has 0 atom stereocenters. The van der Waals surface area contributed by atoms with Crippen molar-refractivity contribution in [3.63, 3.8) is 0 Å². The lowest BCUT2D eigenvalue weighted by molar-refractivity contribution is -0.116. The summed E-state index contributed by atoms with van der Waals surface area (Å²) in [6.07, 6.45) is 8.47. The van der Waals surface area contributed by atoms with Gasteiger partial charge in [-0.2, -0.15) is 0 Å². The fraction of sp³-hybridized carbons (Fsp3) is 0.500. The summed E-state index contributed by atoms with van der Waals surface area (Å²) in [5.74, 6) is -0.187. The molecular weight excluding hydrogens is 373 g/mol. The molecule has 1 rings (SSSR count). The van der Waals surface area contributed by atoms with E-state index in [9.17, 15) is 9.59 Å². The van der Waals surface area contributed by atoms with E-state index in [1.54, 1.807) is 0 Å². The molecule has 1 heterocycles. The monoisotopic (exact) mass is 393 g/mol. The van der Waals surface area contributed by atoms with Gasteiger partial charge in [0, 0.05) is 12.6 Å². The van der Waals surface area contributed by atoms with E-state index in [-0.39, 0.29) is 11.0 Å². The van der Waals surface area contributed by atoms with E-state index in [4.69, 9.17) is 23.2 Å². The van der Waals surface area contributed by atoms with Crippen LogP contribution < -0.4 is 5.32 Å². The van der Waals surface area contributed by atoms with E-state index in [0.717, 1.165) is 35.9 Å². The van der Waals surface area contributed by atoms with Gasteiger partial charge >= 0.3 is 0 Å². The zero-order valence-electron chi connectivity index (χ0n) is 13.1. The SMILES string of the molecule is CCCCCCCCNC(=O)C=CSC(=O)c1cc(Cl)sc1Cl. The molecule has 1 N–H and O–H groups in total. The maximum Gasteiger partial charge on any atom is 0.244 e. The lowest BCUT2D eigenvalue weighted by Crippen LogP contribution is -2.21. The van der Waals surface area contributed by atoms with Gasteiger partial charge in [-0.25, -0.2) is 0 Å². The summed E-state index contributed by atoms with van der Waals surface area (Å²) in [5, 5.41) is 4.06. The van der Waals surface area contributed by atoms with Crippen LogP contribution in [0.2, 0.25) is 8.67 Å². The van der Waals surface area contributed by atoms with Crippen molar-refractivity contribution in [2.45, 2.75) is 45.4 Å². The van der Waals surface area contributed by atoms with Crippen molar-refractivity contribution in [3.8, 4) is 0 Å². The fourth-order valence-electron chi connectivity index (χ4n) is 1.88. The third kappa shape index (κ3) is 8.80. The van der Waals surface area contributed by atoms with Gasteiger partial charge in [-0.05, 0) is 17.9 Å². The van der Waals surface area contributed by atoms with Gasteiger partial charge < -0.3 is 5.32 Å². The highest BCUT2D eigenvalue weighted by atomic mass is 35.5. The average Bonchev–Trinajstić information content (AvgIpc) is 2.85. The van der Waals surface area contributed by atoms with E-state index < -0.39 is 0 Å². The maximum atomic E-state index is 11.9. The second-order valence-electron chi connectivity index (χ2n) is 5.00. The highest BCUT2D eigenvalue weighted by molar-refractivity contribution is 8.16. The van der Waals surface area contributed by atoms with Gasteiger partial charge in [0.25, 0.3) is 0 Å². The van der Waals surface area contributed by atoms with Crippen LogP contribution in [0.25, 0.3) is 0 Å². The number of amides is 1. The second-order valence-corrected chi connectivity index (χ2v) is 8.17. The predicted octanol–water partition coefficient (Wildman–Crippen LogP) is 5.92. The highest BCUT2D eigenvalue weighted by Crippen LogP contribution is 2.33. The lowest BCUT2D eigenvalue weighted by atomic mass is 10.1. The van der Waals surface area contributed by atoms with Crippen LogP contribution in [0.1, 0.15) is 55.8 Å². The molecule has 1 aromatic rings. The first-order chi connectivity index (χ1) is 11.0. The Hall–Kier alpha value is -0.490. The molecule has 0 fully saturated rings. The minimum absolute atomic E-state index is 0.187. The highest BCUT2D eigenvalue weighted by Gasteiger charge is 2.13. The number of halogens is 2. The summed E-state index contributed by atoms with van der Waals surface area (Å²) < 4.78 is 0.841. The maximum absolute atomic E-state index is 11.9. The Morgan fingerprint density at radius 2 is 1.91 bits per heavy atom. The summed E-state index contributed by atoms with van der Waals surface area (Å²) in [7, 11) is 0. The Balaban J connectivity index is 2.18. The predicted molar refractivity (Wildman–Crippen MR) is 102 cm³/mol. The van der Waals surface area contributed by atoms with Crippen molar-refractivity contribution in [2.24, 2.45) is 0 Å². The molecule has 23 heavy (non-hydrogen) atoms. The summed E-state index contributed by atoms with van der Waals surface area (Å²) >= 11 is 13.8. The molecule has 0 radical (unpaired) electrons. The summed E-state index contributed by atoms with van der Waals surface area (Å²) in [6, 6.07) is 1.54. The summed E-state index contributed by atoms with van der Waals surface area (Å²) in [6.45, 7) is 2.86. The normalized spacial score (nSPS) is 11.1. The molecule has 0 aliphatic carbocycles. The van der Waals surface area contributed by atoms with Gasteiger partial charge in [-0.1, -0.05) is 74.0 Å². The van der Waals surface area contributed by atoms with E-state index in [0.29, 0.717) is 20.8 Å². The molecule has 3 nitrogen and oxygen atoms in total. The fourth-order valence-corrected chi connectivity index (χ4v) is 4.06. The topological polar surface area (TPSA) is 46.2 Å². The number of unbranched alkanes of at least 4 members (excludes halogenated alkanes) is 5. The largest absolute Gasteiger partial charge is 0.353 e. The third-order valence-electron chi connectivity index (χ3n) is 3.10. The first-order valence-corrected chi connectivity index (χ1v) is 10.1. The van der Waals surface area contributed by atoms with Crippen LogP contribution in [0.3, 0.4) is 0 Å². The van der Waals surface area contributed by atoms with E-state index in [2.05, 4.69) is 12.2 Å². The number of carbonyl (C=O) groups is 2. The molecule has 7 heteroatoms.